The Morgan fingerprint density at radius 1 is 1.11 bits per heavy atom. The fraction of sp³-hybridized carbons (Fsp3) is 0.296. The number of nitrogens with two attached hydrogens (primary N) is 1. The number of hydrogen-bond donors (Lipinski definition) is 2. The lowest BCUT2D eigenvalue weighted by atomic mass is 10.0. The van der Waals surface area contributed by atoms with Crippen LogP contribution in [0, 0.1) is 18.6 Å². The molecule has 1 unspecified atom stereocenters. The molecule has 3 aromatic rings. The Kier molecular flexibility index (Phi) is 8.06. The van der Waals surface area contributed by atoms with Crippen LogP contribution in [-0.4, -0.2) is 59.3 Å². The highest BCUT2D eigenvalue weighted by Gasteiger charge is 2.37. The first-order valence-corrected chi connectivity index (χ1v) is 12.1. The smallest absolute Gasteiger partial charge is 0.409 e. The number of halogens is 2. The van der Waals surface area contributed by atoms with Crippen LogP contribution < -0.4 is 15.4 Å². The summed E-state index contributed by atoms with van der Waals surface area (Å²) >= 11 is 0. The van der Waals surface area contributed by atoms with Crippen molar-refractivity contribution in [3.8, 4) is 22.8 Å². The number of hydrogen-bond acceptors (Lipinski definition) is 7. The van der Waals surface area contributed by atoms with Crippen LogP contribution in [0.15, 0.2) is 48.5 Å². The van der Waals surface area contributed by atoms with Crippen LogP contribution >= 0.6 is 0 Å². The Bertz CT molecular complexity index is 1350. The zero-order valence-corrected chi connectivity index (χ0v) is 21.0. The van der Waals surface area contributed by atoms with E-state index >= 15 is 0 Å². The second-order valence-corrected chi connectivity index (χ2v) is 8.81. The zero-order valence-electron chi connectivity index (χ0n) is 21.0. The van der Waals surface area contributed by atoms with E-state index in [0.717, 1.165) is 22.3 Å². The van der Waals surface area contributed by atoms with Gasteiger partial charge >= 0.3 is 12.1 Å². The number of amides is 1. The summed E-state index contributed by atoms with van der Waals surface area (Å²) in [5, 5.41) is 9.77. The molecule has 9 nitrogen and oxygen atoms in total. The first-order valence-electron chi connectivity index (χ1n) is 12.1. The number of aromatic nitrogens is 1. The standard InChI is InChI=1S/C27H28F2N4O5/c1-3-37-27(36)32-7-8-33(23(15-32)26(34)35)24-21(28)13-22(29)25(31-24)38-20-10-16(2)9-19(12-20)18-6-4-5-17(11-18)14-30/h4-6,9-13,23H,3,7-8,14-15,30H2,1-2H3,(H,34,35). The van der Waals surface area contributed by atoms with Gasteiger partial charge < -0.3 is 30.1 Å². The summed E-state index contributed by atoms with van der Waals surface area (Å²) in [5.74, 6) is -4.02. The summed E-state index contributed by atoms with van der Waals surface area (Å²) in [4.78, 5) is 30.5. The largest absolute Gasteiger partial charge is 0.480 e. The highest BCUT2D eigenvalue weighted by Crippen LogP contribution is 2.33. The van der Waals surface area contributed by atoms with Crippen molar-refractivity contribution in [2.75, 3.05) is 31.1 Å². The maximum atomic E-state index is 14.9. The predicted molar refractivity (Wildman–Crippen MR) is 136 cm³/mol. The number of aryl methyl sites for hydroxylation is 1. The molecule has 1 saturated heterocycles. The van der Waals surface area contributed by atoms with Crippen molar-refractivity contribution in [1.29, 1.82) is 0 Å². The molecule has 200 valence electrons. The van der Waals surface area contributed by atoms with Crippen LogP contribution in [-0.2, 0) is 16.1 Å². The van der Waals surface area contributed by atoms with Crippen molar-refractivity contribution < 1.29 is 33.0 Å². The van der Waals surface area contributed by atoms with E-state index in [0.29, 0.717) is 12.6 Å². The third-order valence-electron chi connectivity index (χ3n) is 6.10. The molecule has 0 radical (unpaired) electrons. The van der Waals surface area contributed by atoms with Crippen LogP contribution in [0.3, 0.4) is 0 Å². The van der Waals surface area contributed by atoms with Gasteiger partial charge in [-0.1, -0.05) is 24.3 Å². The van der Waals surface area contributed by atoms with E-state index in [1.165, 1.54) is 9.80 Å². The van der Waals surface area contributed by atoms with Gasteiger partial charge in [-0.2, -0.15) is 4.98 Å². The number of carbonyl (C=O) groups is 2. The number of rotatable bonds is 7. The van der Waals surface area contributed by atoms with Crippen LogP contribution in [0.4, 0.5) is 19.4 Å². The monoisotopic (exact) mass is 526 g/mol. The number of nitrogens with zero attached hydrogens (tertiary/aromatic N) is 3. The van der Waals surface area contributed by atoms with Gasteiger partial charge in [0.1, 0.15) is 11.8 Å². The molecule has 0 bridgehead atoms. The predicted octanol–water partition coefficient (Wildman–Crippen LogP) is 4.32. The Balaban J connectivity index is 1.64. The molecular formula is C27H28F2N4O5. The number of pyridine rings is 1. The van der Waals surface area contributed by atoms with Crippen LogP contribution in [0.1, 0.15) is 18.1 Å². The summed E-state index contributed by atoms with van der Waals surface area (Å²) in [5.41, 5.74) is 9.22. The Labute approximate surface area is 218 Å². The van der Waals surface area contributed by atoms with Crippen LogP contribution in [0.5, 0.6) is 11.6 Å². The molecule has 0 aliphatic carbocycles. The molecule has 1 amide bonds. The second kappa shape index (κ2) is 11.4. The van der Waals surface area contributed by atoms with Gasteiger partial charge in [0.25, 0.3) is 5.88 Å². The van der Waals surface area contributed by atoms with Crippen molar-refractivity contribution in [3.05, 3.63) is 71.3 Å². The van der Waals surface area contributed by atoms with E-state index in [1.807, 2.05) is 37.3 Å². The highest BCUT2D eigenvalue weighted by molar-refractivity contribution is 5.80. The molecule has 4 rings (SSSR count). The van der Waals surface area contributed by atoms with Crippen molar-refractivity contribution in [2.24, 2.45) is 5.73 Å². The van der Waals surface area contributed by atoms with Gasteiger partial charge in [-0.05, 0) is 54.3 Å². The quantitative estimate of drug-likeness (QED) is 0.468. The average molecular weight is 527 g/mol. The third kappa shape index (κ3) is 5.83. The normalized spacial score (nSPS) is 15.3. The Morgan fingerprint density at radius 2 is 1.89 bits per heavy atom. The number of piperazine rings is 1. The summed E-state index contributed by atoms with van der Waals surface area (Å²) in [7, 11) is 0. The van der Waals surface area contributed by atoms with Crippen LogP contribution in [0.2, 0.25) is 0 Å². The molecule has 2 heterocycles. The molecule has 11 heteroatoms. The van der Waals surface area contributed by atoms with E-state index in [9.17, 15) is 23.5 Å². The van der Waals surface area contributed by atoms with Gasteiger partial charge in [0.05, 0.1) is 13.2 Å². The lowest BCUT2D eigenvalue weighted by Gasteiger charge is -2.39. The molecule has 1 aliphatic rings. The second-order valence-electron chi connectivity index (χ2n) is 8.81. The number of anilines is 1. The van der Waals surface area contributed by atoms with Crippen molar-refractivity contribution in [2.45, 2.75) is 26.4 Å². The zero-order chi connectivity index (χ0) is 27.4. The maximum Gasteiger partial charge on any atom is 0.409 e. The lowest BCUT2D eigenvalue weighted by molar-refractivity contribution is -0.139. The van der Waals surface area contributed by atoms with Crippen molar-refractivity contribution >= 4 is 17.9 Å². The van der Waals surface area contributed by atoms with Gasteiger partial charge in [0.2, 0.25) is 0 Å². The van der Waals surface area contributed by atoms with Crippen LogP contribution in [0.25, 0.3) is 11.1 Å². The summed E-state index contributed by atoms with van der Waals surface area (Å²) < 4.78 is 40.3. The number of carboxylic acid groups (broad SMARTS) is 1. The average Bonchev–Trinajstić information content (AvgIpc) is 2.89. The molecule has 1 atom stereocenters. The molecule has 1 aliphatic heterocycles. The topological polar surface area (TPSA) is 118 Å². The number of carboxylic acids is 1. The lowest BCUT2D eigenvalue weighted by Crippen LogP contribution is -2.58. The SMILES string of the molecule is CCOC(=O)N1CCN(c2nc(Oc3cc(C)cc(-c4cccc(CN)c4)c3)c(F)cc2F)C(C(=O)O)C1. The first kappa shape index (κ1) is 26.8. The fourth-order valence-corrected chi connectivity index (χ4v) is 4.30. The van der Waals surface area contributed by atoms with Gasteiger partial charge in [-0.15, -0.1) is 0 Å². The molecule has 0 saturated carbocycles. The summed E-state index contributed by atoms with van der Waals surface area (Å²) in [6.07, 6.45) is -0.665. The number of carbonyl (C=O) groups excluding carboxylic acids is 1. The number of ether oxygens (including phenoxy) is 2. The molecule has 2 aromatic carbocycles. The first-order chi connectivity index (χ1) is 18.2. The maximum absolute atomic E-state index is 14.9. The number of aliphatic carboxylic acids is 1. The van der Waals surface area contributed by atoms with E-state index in [1.54, 1.807) is 19.1 Å². The van der Waals surface area contributed by atoms with E-state index in [4.69, 9.17) is 15.2 Å². The molecule has 1 fully saturated rings. The molecule has 1 aromatic heterocycles. The Hall–Kier alpha value is -4.25. The van der Waals surface area contributed by atoms with Gasteiger partial charge in [0.15, 0.2) is 17.5 Å². The fourth-order valence-electron chi connectivity index (χ4n) is 4.30. The van der Waals surface area contributed by atoms with E-state index in [2.05, 4.69) is 4.98 Å². The molecule has 3 N–H and O–H groups in total. The molecule has 0 spiro atoms. The van der Waals surface area contributed by atoms with E-state index < -0.39 is 35.6 Å². The minimum Gasteiger partial charge on any atom is -0.480 e. The van der Waals surface area contributed by atoms with Gasteiger partial charge in [0, 0.05) is 25.7 Å². The van der Waals surface area contributed by atoms with Crippen molar-refractivity contribution in [1.82, 2.24) is 9.88 Å². The van der Waals surface area contributed by atoms with E-state index in [-0.39, 0.29) is 37.8 Å². The Morgan fingerprint density at radius 3 is 2.61 bits per heavy atom. The van der Waals surface area contributed by atoms with Crippen molar-refractivity contribution in [3.63, 3.8) is 0 Å². The highest BCUT2D eigenvalue weighted by atomic mass is 19.1. The van der Waals surface area contributed by atoms with Gasteiger partial charge in [-0.25, -0.2) is 18.4 Å². The molecule has 38 heavy (non-hydrogen) atoms. The minimum absolute atomic E-state index is 0.0587. The molecular weight excluding hydrogens is 498 g/mol. The van der Waals surface area contributed by atoms with Gasteiger partial charge in [-0.3, -0.25) is 0 Å². The minimum atomic E-state index is -1.33. The summed E-state index contributed by atoms with van der Waals surface area (Å²) in [6.45, 7) is 3.75. The number of benzene rings is 2. The summed E-state index contributed by atoms with van der Waals surface area (Å²) in [6, 6.07) is 12.2. The third-order valence-corrected chi connectivity index (χ3v) is 6.10.